The molecule has 2 unspecified atom stereocenters. The SMILES string of the molecule is CC1CN2CCCC2CN1c1cccc2c1CCCC2. The minimum absolute atomic E-state index is 0.665. The maximum Gasteiger partial charge on any atom is 0.0404 e. The highest BCUT2D eigenvalue weighted by Gasteiger charge is 2.35. The molecule has 0 N–H and O–H groups in total. The fourth-order valence-corrected chi connectivity index (χ4v) is 4.55. The van der Waals surface area contributed by atoms with E-state index in [2.05, 4.69) is 34.9 Å². The summed E-state index contributed by atoms with van der Waals surface area (Å²) in [5.41, 5.74) is 4.84. The van der Waals surface area contributed by atoms with Crippen molar-refractivity contribution in [3.8, 4) is 0 Å². The second-order valence-corrected chi connectivity index (χ2v) is 6.91. The maximum absolute atomic E-state index is 2.72. The van der Waals surface area contributed by atoms with Gasteiger partial charge in [0.15, 0.2) is 0 Å². The Morgan fingerprint density at radius 3 is 2.90 bits per heavy atom. The maximum atomic E-state index is 2.72. The molecule has 0 aromatic heterocycles. The highest BCUT2D eigenvalue weighted by molar-refractivity contribution is 5.59. The molecule has 1 aromatic carbocycles. The molecule has 2 fully saturated rings. The molecule has 1 aliphatic carbocycles. The van der Waals surface area contributed by atoms with Crippen molar-refractivity contribution in [2.45, 2.75) is 57.5 Å². The first-order valence-electron chi connectivity index (χ1n) is 8.44. The number of fused-ring (bicyclic) bond motifs is 2. The minimum atomic E-state index is 0.665. The van der Waals surface area contributed by atoms with Crippen LogP contribution in [0.5, 0.6) is 0 Å². The van der Waals surface area contributed by atoms with E-state index in [4.69, 9.17) is 0 Å². The Bertz CT molecular complexity index is 496. The van der Waals surface area contributed by atoms with Gasteiger partial charge in [-0.05, 0) is 69.2 Å². The Balaban J connectivity index is 1.66. The van der Waals surface area contributed by atoms with Crippen LogP contribution in [0, 0.1) is 0 Å². The number of rotatable bonds is 1. The van der Waals surface area contributed by atoms with Crippen molar-refractivity contribution in [3.05, 3.63) is 29.3 Å². The first-order chi connectivity index (χ1) is 9.83. The van der Waals surface area contributed by atoms with Crippen molar-refractivity contribution in [1.82, 2.24) is 4.90 Å². The summed E-state index contributed by atoms with van der Waals surface area (Å²) in [5.74, 6) is 0. The van der Waals surface area contributed by atoms with Gasteiger partial charge in [0.25, 0.3) is 0 Å². The molecule has 2 heterocycles. The van der Waals surface area contributed by atoms with Gasteiger partial charge in [-0.15, -0.1) is 0 Å². The van der Waals surface area contributed by atoms with E-state index >= 15 is 0 Å². The number of piperazine rings is 1. The third-order valence-corrected chi connectivity index (χ3v) is 5.62. The van der Waals surface area contributed by atoms with E-state index in [1.165, 1.54) is 58.2 Å². The number of hydrogen-bond donors (Lipinski definition) is 0. The molecule has 2 saturated heterocycles. The molecular weight excluding hydrogens is 244 g/mol. The fourth-order valence-electron chi connectivity index (χ4n) is 4.55. The molecular formula is C18H26N2. The second-order valence-electron chi connectivity index (χ2n) is 6.91. The molecule has 0 saturated carbocycles. The van der Waals surface area contributed by atoms with Gasteiger partial charge in [-0.2, -0.15) is 0 Å². The standard InChI is InChI=1S/C18H26N2/c1-14-12-19-11-5-8-16(19)13-20(14)18-10-4-7-15-6-2-3-9-17(15)18/h4,7,10,14,16H,2-3,5-6,8-9,11-13H2,1H3. The molecule has 0 spiro atoms. The van der Waals surface area contributed by atoms with Gasteiger partial charge >= 0.3 is 0 Å². The molecule has 3 aliphatic rings. The van der Waals surface area contributed by atoms with Crippen molar-refractivity contribution < 1.29 is 0 Å². The molecule has 4 rings (SSSR count). The van der Waals surface area contributed by atoms with E-state index in [-0.39, 0.29) is 0 Å². The average Bonchev–Trinajstić information content (AvgIpc) is 2.93. The van der Waals surface area contributed by atoms with Gasteiger partial charge in [0.2, 0.25) is 0 Å². The van der Waals surface area contributed by atoms with Gasteiger partial charge in [-0.1, -0.05) is 12.1 Å². The number of aryl methyl sites for hydroxylation is 1. The normalized spacial score (nSPS) is 30.1. The lowest BCUT2D eigenvalue weighted by Crippen LogP contribution is -2.55. The zero-order valence-corrected chi connectivity index (χ0v) is 12.6. The van der Waals surface area contributed by atoms with Crippen LogP contribution in [-0.2, 0) is 12.8 Å². The monoisotopic (exact) mass is 270 g/mol. The van der Waals surface area contributed by atoms with Crippen LogP contribution in [0.4, 0.5) is 5.69 Å². The van der Waals surface area contributed by atoms with Crippen molar-refractivity contribution in [1.29, 1.82) is 0 Å². The molecule has 2 atom stereocenters. The second kappa shape index (κ2) is 5.07. The summed E-state index contributed by atoms with van der Waals surface area (Å²) in [6.07, 6.45) is 8.14. The zero-order valence-electron chi connectivity index (χ0n) is 12.6. The Morgan fingerprint density at radius 1 is 1.05 bits per heavy atom. The fraction of sp³-hybridized carbons (Fsp3) is 0.667. The smallest absolute Gasteiger partial charge is 0.0404 e. The van der Waals surface area contributed by atoms with Crippen LogP contribution >= 0.6 is 0 Å². The molecule has 108 valence electrons. The van der Waals surface area contributed by atoms with Gasteiger partial charge in [-0.3, -0.25) is 4.90 Å². The van der Waals surface area contributed by atoms with Crippen LogP contribution < -0.4 is 4.90 Å². The quantitative estimate of drug-likeness (QED) is 0.773. The molecule has 2 nitrogen and oxygen atoms in total. The van der Waals surface area contributed by atoms with E-state index in [9.17, 15) is 0 Å². The number of benzene rings is 1. The third-order valence-electron chi connectivity index (χ3n) is 5.62. The van der Waals surface area contributed by atoms with Gasteiger partial charge < -0.3 is 4.90 Å². The number of hydrogen-bond acceptors (Lipinski definition) is 2. The Labute approximate surface area is 122 Å². The highest BCUT2D eigenvalue weighted by Crippen LogP contribution is 2.34. The first kappa shape index (κ1) is 12.7. The van der Waals surface area contributed by atoms with Crippen molar-refractivity contribution in [2.75, 3.05) is 24.5 Å². The van der Waals surface area contributed by atoms with Gasteiger partial charge in [-0.25, -0.2) is 0 Å². The van der Waals surface area contributed by atoms with Crippen LogP contribution in [0.1, 0.15) is 43.7 Å². The molecule has 2 aliphatic heterocycles. The molecule has 0 radical (unpaired) electrons. The molecule has 2 heteroatoms. The molecule has 0 bridgehead atoms. The summed E-state index contributed by atoms with van der Waals surface area (Å²) in [5, 5.41) is 0. The van der Waals surface area contributed by atoms with Crippen LogP contribution in [-0.4, -0.2) is 36.6 Å². The topological polar surface area (TPSA) is 6.48 Å². The van der Waals surface area contributed by atoms with Gasteiger partial charge in [0, 0.05) is 30.9 Å². The average molecular weight is 270 g/mol. The first-order valence-corrected chi connectivity index (χ1v) is 8.44. The molecule has 1 aromatic rings. The van der Waals surface area contributed by atoms with E-state index in [0.717, 1.165) is 6.04 Å². The summed E-state index contributed by atoms with van der Waals surface area (Å²) in [6.45, 7) is 6.25. The van der Waals surface area contributed by atoms with E-state index in [0.29, 0.717) is 6.04 Å². The van der Waals surface area contributed by atoms with Gasteiger partial charge in [0.05, 0.1) is 0 Å². The predicted molar refractivity (Wildman–Crippen MR) is 84.5 cm³/mol. The van der Waals surface area contributed by atoms with Crippen LogP contribution in [0.2, 0.25) is 0 Å². The number of nitrogens with zero attached hydrogens (tertiary/aromatic N) is 2. The summed E-state index contributed by atoms with van der Waals surface area (Å²) < 4.78 is 0. The lowest BCUT2D eigenvalue weighted by Gasteiger charge is -2.44. The number of anilines is 1. The zero-order chi connectivity index (χ0) is 13.5. The van der Waals surface area contributed by atoms with E-state index in [1.54, 1.807) is 16.8 Å². The largest absolute Gasteiger partial charge is 0.366 e. The van der Waals surface area contributed by atoms with Gasteiger partial charge in [0.1, 0.15) is 0 Å². The lowest BCUT2D eigenvalue weighted by molar-refractivity contribution is 0.202. The summed E-state index contributed by atoms with van der Waals surface area (Å²) >= 11 is 0. The minimum Gasteiger partial charge on any atom is -0.366 e. The van der Waals surface area contributed by atoms with Crippen LogP contribution in [0.3, 0.4) is 0 Å². The predicted octanol–water partition coefficient (Wildman–Crippen LogP) is 3.24. The van der Waals surface area contributed by atoms with Crippen LogP contribution in [0.25, 0.3) is 0 Å². The summed E-state index contributed by atoms with van der Waals surface area (Å²) in [7, 11) is 0. The Morgan fingerprint density at radius 2 is 1.95 bits per heavy atom. The van der Waals surface area contributed by atoms with Crippen molar-refractivity contribution in [3.63, 3.8) is 0 Å². The Kier molecular flexibility index (Phi) is 3.22. The highest BCUT2D eigenvalue weighted by atomic mass is 15.3. The summed E-state index contributed by atoms with van der Waals surface area (Å²) in [6, 6.07) is 8.50. The van der Waals surface area contributed by atoms with E-state index in [1.807, 2.05) is 0 Å². The van der Waals surface area contributed by atoms with Crippen molar-refractivity contribution >= 4 is 5.69 Å². The lowest BCUT2D eigenvalue weighted by atomic mass is 9.89. The summed E-state index contributed by atoms with van der Waals surface area (Å²) in [4.78, 5) is 5.44. The molecule has 0 amide bonds. The molecule has 20 heavy (non-hydrogen) atoms. The Hall–Kier alpha value is -1.02. The van der Waals surface area contributed by atoms with E-state index < -0.39 is 0 Å². The van der Waals surface area contributed by atoms with Crippen LogP contribution in [0.15, 0.2) is 18.2 Å². The van der Waals surface area contributed by atoms with Crippen molar-refractivity contribution in [2.24, 2.45) is 0 Å². The third kappa shape index (κ3) is 2.05.